The fraction of sp³-hybridized carbons (Fsp3) is 0.375. The molecule has 1 aromatic carbocycles. The molecule has 1 heterocycles. The molecule has 2 N–H and O–H groups in total. The lowest BCUT2D eigenvalue weighted by Crippen LogP contribution is -2.38. The standard InChI is InChI=1S/C16H18F5N5/c1-22-15(23-6-5-10-7-12(17)3-4-13(10)18)24-8-11-9-26(2)25-14(11)16(19,20)21/h3-4,7,9H,5-6,8H2,1-2H3,(H2,22,23,24). The van der Waals surface area contributed by atoms with Gasteiger partial charge in [0.25, 0.3) is 0 Å². The Morgan fingerprint density at radius 3 is 2.58 bits per heavy atom. The SMILES string of the molecule is CN=C(NCCc1cc(F)ccc1F)NCc1cn(C)nc1C(F)(F)F. The summed E-state index contributed by atoms with van der Waals surface area (Å²) >= 11 is 0. The van der Waals surface area contributed by atoms with Crippen LogP contribution in [0.5, 0.6) is 0 Å². The zero-order valence-electron chi connectivity index (χ0n) is 14.2. The lowest BCUT2D eigenvalue weighted by atomic mass is 10.1. The summed E-state index contributed by atoms with van der Waals surface area (Å²) in [6, 6.07) is 3.16. The first-order valence-electron chi connectivity index (χ1n) is 7.69. The third-order valence-corrected chi connectivity index (χ3v) is 3.54. The molecular formula is C16H18F5N5. The second-order valence-electron chi connectivity index (χ2n) is 5.51. The topological polar surface area (TPSA) is 54.2 Å². The van der Waals surface area contributed by atoms with E-state index in [2.05, 4.69) is 20.7 Å². The van der Waals surface area contributed by atoms with Gasteiger partial charge in [-0.2, -0.15) is 18.3 Å². The van der Waals surface area contributed by atoms with Gasteiger partial charge in [-0.3, -0.25) is 9.67 Å². The quantitative estimate of drug-likeness (QED) is 0.480. The van der Waals surface area contributed by atoms with Crippen LogP contribution in [0.1, 0.15) is 16.8 Å². The number of aromatic nitrogens is 2. The van der Waals surface area contributed by atoms with Crippen molar-refractivity contribution in [3.63, 3.8) is 0 Å². The van der Waals surface area contributed by atoms with E-state index in [1.54, 1.807) is 0 Å². The Hall–Kier alpha value is -2.65. The Kier molecular flexibility index (Phi) is 6.17. The molecule has 142 valence electrons. The number of halogens is 5. The average Bonchev–Trinajstić information content (AvgIpc) is 2.95. The van der Waals surface area contributed by atoms with Crippen molar-refractivity contribution >= 4 is 5.96 Å². The minimum absolute atomic E-state index is 0.0286. The van der Waals surface area contributed by atoms with E-state index in [0.29, 0.717) is 0 Å². The lowest BCUT2D eigenvalue weighted by Gasteiger charge is -2.12. The molecule has 5 nitrogen and oxygen atoms in total. The van der Waals surface area contributed by atoms with Gasteiger partial charge in [-0.1, -0.05) is 0 Å². The number of nitrogens with zero attached hydrogens (tertiary/aromatic N) is 3. The highest BCUT2D eigenvalue weighted by atomic mass is 19.4. The zero-order chi connectivity index (χ0) is 19.3. The van der Waals surface area contributed by atoms with E-state index in [0.717, 1.165) is 22.9 Å². The molecule has 1 aromatic heterocycles. The molecule has 0 spiro atoms. The average molecular weight is 375 g/mol. The molecule has 2 aromatic rings. The predicted octanol–water partition coefficient (Wildman–Crippen LogP) is 2.62. The number of rotatable bonds is 5. The monoisotopic (exact) mass is 375 g/mol. The predicted molar refractivity (Wildman–Crippen MR) is 86.5 cm³/mol. The summed E-state index contributed by atoms with van der Waals surface area (Å²) in [4.78, 5) is 3.89. The molecule has 0 atom stereocenters. The van der Waals surface area contributed by atoms with Crippen molar-refractivity contribution < 1.29 is 22.0 Å². The van der Waals surface area contributed by atoms with Gasteiger partial charge in [0.1, 0.15) is 11.6 Å². The summed E-state index contributed by atoms with van der Waals surface area (Å²) in [5.41, 5.74) is -0.802. The van der Waals surface area contributed by atoms with E-state index >= 15 is 0 Å². The number of aliphatic imine (C=N–C) groups is 1. The van der Waals surface area contributed by atoms with Gasteiger partial charge in [-0.15, -0.1) is 0 Å². The third-order valence-electron chi connectivity index (χ3n) is 3.54. The number of benzene rings is 1. The molecule has 26 heavy (non-hydrogen) atoms. The maximum atomic E-state index is 13.5. The van der Waals surface area contributed by atoms with Gasteiger partial charge >= 0.3 is 6.18 Å². The minimum Gasteiger partial charge on any atom is -0.356 e. The molecule has 0 amide bonds. The molecule has 2 rings (SSSR count). The van der Waals surface area contributed by atoms with Gasteiger partial charge in [0, 0.05) is 38.9 Å². The summed E-state index contributed by atoms with van der Waals surface area (Å²) in [6.45, 7) is 0.0793. The third kappa shape index (κ3) is 5.17. The smallest absolute Gasteiger partial charge is 0.356 e. The Balaban J connectivity index is 1.92. The van der Waals surface area contributed by atoms with Gasteiger partial charge in [-0.25, -0.2) is 8.78 Å². The molecule has 0 unspecified atom stereocenters. The fourth-order valence-electron chi connectivity index (χ4n) is 2.36. The number of hydrogen-bond donors (Lipinski definition) is 2. The first-order valence-corrected chi connectivity index (χ1v) is 7.69. The molecule has 0 aliphatic rings. The van der Waals surface area contributed by atoms with E-state index < -0.39 is 23.5 Å². The van der Waals surface area contributed by atoms with Crippen LogP contribution in [-0.4, -0.2) is 29.3 Å². The lowest BCUT2D eigenvalue weighted by molar-refractivity contribution is -0.142. The maximum absolute atomic E-state index is 13.5. The van der Waals surface area contributed by atoms with Crippen molar-refractivity contribution in [2.24, 2.45) is 12.0 Å². The molecule has 10 heteroatoms. The van der Waals surface area contributed by atoms with Crippen molar-refractivity contribution in [3.05, 3.63) is 52.9 Å². The Morgan fingerprint density at radius 1 is 1.19 bits per heavy atom. The summed E-state index contributed by atoms with van der Waals surface area (Å²) in [5, 5.41) is 9.00. The normalized spacial score (nSPS) is 12.3. The Labute approximate surface area is 146 Å². The highest BCUT2D eigenvalue weighted by Gasteiger charge is 2.36. The molecule has 0 aliphatic carbocycles. The molecule has 0 saturated heterocycles. The molecule has 0 fully saturated rings. The van der Waals surface area contributed by atoms with Crippen LogP contribution in [0.4, 0.5) is 22.0 Å². The van der Waals surface area contributed by atoms with E-state index in [9.17, 15) is 22.0 Å². The van der Waals surface area contributed by atoms with Crippen LogP contribution in [0, 0.1) is 11.6 Å². The van der Waals surface area contributed by atoms with Crippen molar-refractivity contribution in [2.45, 2.75) is 19.1 Å². The first-order chi connectivity index (χ1) is 12.2. The highest BCUT2D eigenvalue weighted by molar-refractivity contribution is 5.79. The van der Waals surface area contributed by atoms with Crippen LogP contribution < -0.4 is 10.6 Å². The van der Waals surface area contributed by atoms with Gasteiger partial charge < -0.3 is 10.6 Å². The number of hydrogen-bond acceptors (Lipinski definition) is 2. The van der Waals surface area contributed by atoms with Crippen molar-refractivity contribution in [3.8, 4) is 0 Å². The van der Waals surface area contributed by atoms with E-state index in [1.165, 1.54) is 20.3 Å². The number of guanidine groups is 1. The van der Waals surface area contributed by atoms with Crippen molar-refractivity contribution in [2.75, 3.05) is 13.6 Å². The van der Waals surface area contributed by atoms with Crippen LogP contribution in [-0.2, 0) is 26.2 Å². The zero-order valence-corrected chi connectivity index (χ0v) is 14.2. The second kappa shape index (κ2) is 8.15. The van der Waals surface area contributed by atoms with E-state index in [-0.39, 0.29) is 36.6 Å². The second-order valence-corrected chi connectivity index (χ2v) is 5.51. The molecular weight excluding hydrogens is 357 g/mol. The minimum atomic E-state index is -4.55. The summed E-state index contributed by atoms with van der Waals surface area (Å²) in [7, 11) is 2.85. The number of nitrogens with one attached hydrogen (secondary N) is 2. The van der Waals surface area contributed by atoms with Crippen LogP contribution in [0.3, 0.4) is 0 Å². The summed E-state index contributed by atoms with van der Waals surface area (Å²) < 4.78 is 66.5. The summed E-state index contributed by atoms with van der Waals surface area (Å²) in [5.74, 6) is -0.833. The highest BCUT2D eigenvalue weighted by Crippen LogP contribution is 2.30. The van der Waals surface area contributed by atoms with Gasteiger partial charge in [-0.05, 0) is 30.2 Å². The van der Waals surface area contributed by atoms with Crippen LogP contribution in [0.25, 0.3) is 0 Å². The van der Waals surface area contributed by atoms with E-state index in [4.69, 9.17) is 0 Å². The van der Waals surface area contributed by atoms with Crippen molar-refractivity contribution in [1.82, 2.24) is 20.4 Å². The fourth-order valence-corrected chi connectivity index (χ4v) is 2.36. The van der Waals surface area contributed by atoms with Crippen LogP contribution in [0.2, 0.25) is 0 Å². The molecule has 0 saturated carbocycles. The summed E-state index contributed by atoms with van der Waals surface area (Å²) in [6.07, 6.45) is -3.10. The first kappa shape index (κ1) is 19.7. The largest absolute Gasteiger partial charge is 0.435 e. The number of alkyl halides is 3. The van der Waals surface area contributed by atoms with Gasteiger partial charge in [0.15, 0.2) is 11.7 Å². The Morgan fingerprint density at radius 2 is 1.92 bits per heavy atom. The molecule has 0 aliphatic heterocycles. The number of aryl methyl sites for hydroxylation is 1. The van der Waals surface area contributed by atoms with Gasteiger partial charge in [0.2, 0.25) is 0 Å². The van der Waals surface area contributed by atoms with E-state index in [1.807, 2.05) is 0 Å². The maximum Gasteiger partial charge on any atom is 0.435 e. The van der Waals surface area contributed by atoms with Crippen LogP contribution in [0.15, 0.2) is 29.4 Å². The van der Waals surface area contributed by atoms with Crippen LogP contribution >= 0.6 is 0 Å². The Bertz CT molecular complexity index is 782. The molecule has 0 radical (unpaired) electrons. The molecule has 0 bridgehead atoms. The van der Waals surface area contributed by atoms with Gasteiger partial charge in [0.05, 0.1) is 0 Å². The van der Waals surface area contributed by atoms with Crippen molar-refractivity contribution in [1.29, 1.82) is 0 Å².